The molecule has 0 radical (unpaired) electrons. The highest BCUT2D eigenvalue weighted by Crippen LogP contribution is 2.30. The summed E-state index contributed by atoms with van der Waals surface area (Å²) in [4.78, 5) is 5.70. The van der Waals surface area contributed by atoms with Gasteiger partial charge in [0, 0.05) is 25.3 Å². The summed E-state index contributed by atoms with van der Waals surface area (Å²) in [7, 11) is -3.26. The van der Waals surface area contributed by atoms with Crippen molar-refractivity contribution < 1.29 is 21.6 Å². The lowest BCUT2D eigenvalue weighted by Crippen LogP contribution is -2.48. The van der Waals surface area contributed by atoms with Crippen LogP contribution in [0, 0.1) is 0 Å². The first-order valence-corrected chi connectivity index (χ1v) is 9.10. The van der Waals surface area contributed by atoms with E-state index in [2.05, 4.69) is 9.71 Å². The van der Waals surface area contributed by atoms with Gasteiger partial charge in [0.25, 0.3) is 0 Å². The van der Waals surface area contributed by atoms with Gasteiger partial charge in [0.2, 0.25) is 10.0 Å². The monoisotopic (exact) mass is 349 g/mol. The Balaban J connectivity index is 1.66. The molecule has 2 aliphatic rings. The van der Waals surface area contributed by atoms with Crippen molar-refractivity contribution in [3.05, 3.63) is 23.9 Å². The summed E-state index contributed by atoms with van der Waals surface area (Å²) in [5.41, 5.74) is -0.788. The van der Waals surface area contributed by atoms with Crippen LogP contribution in [-0.4, -0.2) is 37.8 Å². The molecule has 1 aromatic rings. The summed E-state index contributed by atoms with van der Waals surface area (Å²) in [6, 6.07) is 2.11. The molecule has 0 spiro atoms. The number of pyridine rings is 1. The number of hydrogen-bond acceptors (Lipinski definition) is 4. The molecule has 1 aliphatic carbocycles. The lowest BCUT2D eigenvalue weighted by atomic mass is 10.1. The molecular weight excluding hydrogens is 331 g/mol. The Hall–Kier alpha value is -1.35. The minimum atomic E-state index is -4.41. The van der Waals surface area contributed by atoms with Crippen LogP contribution in [0.5, 0.6) is 0 Å². The molecule has 23 heavy (non-hydrogen) atoms. The summed E-state index contributed by atoms with van der Waals surface area (Å²) < 4.78 is 64.4. The maximum atomic E-state index is 12.6. The second-order valence-corrected chi connectivity index (χ2v) is 8.04. The summed E-state index contributed by atoms with van der Waals surface area (Å²) in [6.45, 7) is 1.07. The predicted octanol–water partition coefficient (Wildman–Crippen LogP) is 2.15. The Morgan fingerprint density at radius 1 is 1.22 bits per heavy atom. The SMILES string of the molecule is O=S(=O)(NC1CCCN(c2ccc(C(F)(F)F)cn2)C1)C1CC1. The Bertz CT molecular complexity index is 657. The quantitative estimate of drug-likeness (QED) is 0.905. The number of aromatic nitrogens is 1. The third-order valence-electron chi connectivity index (χ3n) is 4.11. The summed E-state index contributed by atoms with van der Waals surface area (Å²) >= 11 is 0. The first kappa shape index (κ1) is 16.5. The molecule has 3 rings (SSSR count). The van der Waals surface area contributed by atoms with Gasteiger partial charge in [0.15, 0.2) is 0 Å². The summed E-state index contributed by atoms with van der Waals surface area (Å²) in [5.74, 6) is 0.438. The van der Waals surface area contributed by atoms with E-state index in [9.17, 15) is 21.6 Å². The fourth-order valence-corrected chi connectivity index (χ4v) is 4.34. The Kier molecular flexibility index (Phi) is 4.26. The lowest BCUT2D eigenvalue weighted by molar-refractivity contribution is -0.137. The van der Waals surface area contributed by atoms with Gasteiger partial charge in [-0.05, 0) is 37.8 Å². The number of piperidine rings is 1. The molecule has 1 N–H and O–H groups in total. The van der Waals surface area contributed by atoms with Crippen LogP contribution < -0.4 is 9.62 Å². The van der Waals surface area contributed by atoms with Crippen molar-refractivity contribution in [3.8, 4) is 0 Å². The fourth-order valence-electron chi connectivity index (χ4n) is 2.73. The molecule has 128 valence electrons. The van der Waals surface area contributed by atoms with Gasteiger partial charge in [-0.15, -0.1) is 0 Å². The molecule has 0 bridgehead atoms. The number of nitrogens with one attached hydrogen (secondary N) is 1. The molecule has 1 aliphatic heterocycles. The molecule has 9 heteroatoms. The van der Waals surface area contributed by atoms with E-state index in [4.69, 9.17) is 0 Å². The highest BCUT2D eigenvalue weighted by molar-refractivity contribution is 7.90. The maximum Gasteiger partial charge on any atom is 0.417 e. The number of rotatable bonds is 4. The zero-order valence-electron chi connectivity index (χ0n) is 12.4. The van der Waals surface area contributed by atoms with Crippen molar-refractivity contribution in [1.29, 1.82) is 0 Å². The highest BCUT2D eigenvalue weighted by atomic mass is 32.2. The average molecular weight is 349 g/mol. The van der Waals surface area contributed by atoms with Gasteiger partial charge in [-0.25, -0.2) is 18.1 Å². The van der Waals surface area contributed by atoms with E-state index in [1.165, 1.54) is 6.07 Å². The van der Waals surface area contributed by atoms with E-state index in [1.807, 2.05) is 4.90 Å². The van der Waals surface area contributed by atoms with E-state index in [0.29, 0.717) is 31.7 Å². The lowest BCUT2D eigenvalue weighted by Gasteiger charge is -2.33. The maximum absolute atomic E-state index is 12.6. The molecule has 2 heterocycles. The van der Waals surface area contributed by atoms with Crippen LogP contribution in [0.25, 0.3) is 0 Å². The molecule has 1 saturated carbocycles. The molecule has 1 aromatic heterocycles. The molecule has 1 atom stereocenters. The van der Waals surface area contributed by atoms with Gasteiger partial charge >= 0.3 is 6.18 Å². The van der Waals surface area contributed by atoms with Gasteiger partial charge in [0.05, 0.1) is 10.8 Å². The Labute approximate surface area is 132 Å². The van der Waals surface area contributed by atoms with E-state index in [-0.39, 0.29) is 11.3 Å². The van der Waals surface area contributed by atoms with E-state index >= 15 is 0 Å². The number of anilines is 1. The molecule has 0 aromatic carbocycles. The first-order chi connectivity index (χ1) is 10.8. The molecule has 1 saturated heterocycles. The highest BCUT2D eigenvalue weighted by Gasteiger charge is 2.38. The van der Waals surface area contributed by atoms with Crippen molar-refractivity contribution in [2.75, 3.05) is 18.0 Å². The normalized spacial score (nSPS) is 23.1. The Morgan fingerprint density at radius 2 is 1.96 bits per heavy atom. The minimum Gasteiger partial charge on any atom is -0.355 e. The van der Waals surface area contributed by atoms with Crippen molar-refractivity contribution in [2.45, 2.75) is 43.2 Å². The third kappa shape index (κ3) is 3.95. The standard InChI is InChI=1S/C14H18F3N3O2S/c15-14(16,17)10-3-6-13(18-8-10)20-7-1-2-11(9-20)19-23(21,22)12-4-5-12/h3,6,8,11-12,19H,1-2,4-5,7,9H2. The van der Waals surface area contributed by atoms with Crippen molar-refractivity contribution in [2.24, 2.45) is 0 Å². The predicted molar refractivity (Wildman–Crippen MR) is 79.6 cm³/mol. The van der Waals surface area contributed by atoms with Crippen molar-refractivity contribution in [1.82, 2.24) is 9.71 Å². The van der Waals surface area contributed by atoms with E-state index < -0.39 is 21.8 Å². The van der Waals surface area contributed by atoms with Gasteiger partial charge in [0.1, 0.15) is 5.82 Å². The largest absolute Gasteiger partial charge is 0.417 e. The molecule has 2 fully saturated rings. The number of alkyl halides is 3. The van der Waals surface area contributed by atoms with Gasteiger partial charge in [-0.1, -0.05) is 0 Å². The number of hydrogen-bond donors (Lipinski definition) is 1. The zero-order chi connectivity index (χ0) is 16.7. The van der Waals surface area contributed by atoms with Crippen LogP contribution >= 0.6 is 0 Å². The van der Waals surface area contributed by atoms with Crippen LogP contribution in [0.1, 0.15) is 31.2 Å². The Morgan fingerprint density at radius 3 is 2.52 bits per heavy atom. The summed E-state index contributed by atoms with van der Waals surface area (Å²) in [6.07, 6.45) is -0.703. The second-order valence-electron chi connectivity index (χ2n) is 6.05. The van der Waals surface area contributed by atoms with E-state index in [1.54, 1.807) is 0 Å². The van der Waals surface area contributed by atoms with Crippen molar-refractivity contribution in [3.63, 3.8) is 0 Å². The van der Waals surface area contributed by atoms with Crippen molar-refractivity contribution >= 4 is 15.8 Å². The zero-order valence-corrected chi connectivity index (χ0v) is 13.2. The van der Waals surface area contributed by atoms with Gasteiger partial charge in [-0.2, -0.15) is 13.2 Å². The molecule has 5 nitrogen and oxygen atoms in total. The number of halogens is 3. The third-order valence-corrected chi connectivity index (χ3v) is 6.13. The topological polar surface area (TPSA) is 62.3 Å². The molecule has 0 amide bonds. The van der Waals surface area contributed by atoms with Crippen LogP contribution in [0.3, 0.4) is 0 Å². The minimum absolute atomic E-state index is 0.224. The van der Waals surface area contributed by atoms with Crippen LogP contribution in [0.4, 0.5) is 19.0 Å². The number of sulfonamides is 1. The van der Waals surface area contributed by atoms with E-state index in [0.717, 1.165) is 25.1 Å². The number of nitrogens with zero attached hydrogens (tertiary/aromatic N) is 2. The first-order valence-electron chi connectivity index (χ1n) is 7.55. The smallest absolute Gasteiger partial charge is 0.355 e. The fraction of sp³-hybridized carbons (Fsp3) is 0.643. The van der Waals surface area contributed by atoms with Crippen LogP contribution in [0.15, 0.2) is 18.3 Å². The molecule has 1 unspecified atom stereocenters. The van der Waals surface area contributed by atoms with Crippen LogP contribution in [0.2, 0.25) is 0 Å². The molecular formula is C14H18F3N3O2S. The van der Waals surface area contributed by atoms with Gasteiger partial charge in [-0.3, -0.25) is 0 Å². The second kappa shape index (κ2) is 5.94. The van der Waals surface area contributed by atoms with Crippen LogP contribution in [-0.2, 0) is 16.2 Å². The average Bonchev–Trinajstić information content (AvgIpc) is 3.31. The van der Waals surface area contributed by atoms with Gasteiger partial charge < -0.3 is 4.90 Å². The summed E-state index contributed by atoms with van der Waals surface area (Å²) in [5, 5.41) is -0.276.